The lowest BCUT2D eigenvalue weighted by Gasteiger charge is -2.18. The van der Waals surface area contributed by atoms with Crippen molar-refractivity contribution in [2.45, 2.75) is 32.6 Å². The highest BCUT2D eigenvalue weighted by atomic mass is 32.1. The highest BCUT2D eigenvalue weighted by Crippen LogP contribution is 2.36. The Balaban J connectivity index is 1.94. The number of carbonyl (C=O) groups is 1. The van der Waals surface area contributed by atoms with E-state index in [0.717, 1.165) is 41.2 Å². The third kappa shape index (κ3) is 2.43. The monoisotopic (exact) mass is 327 g/mol. The summed E-state index contributed by atoms with van der Waals surface area (Å²) in [6.07, 6.45) is 6.62. The summed E-state index contributed by atoms with van der Waals surface area (Å²) in [5.74, 6) is -0.139. The summed E-state index contributed by atoms with van der Waals surface area (Å²) in [7, 11) is 0. The minimum Gasteiger partial charge on any atom is -0.481 e. The van der Waals surface area contributed by atoms with Gasteiger partial charge in [0.1, 0.15) is 0 Å². The van der Waals surface area contributed by atoms with Gasteiger partial charge in [-0.05, 0) is 37.3 Å². The average Bonchev–Trinajstić information content (AvgIpc) is 3.04. The second kappa shape index (κ2) is 5.45. The number of rotatable bonds is 3. The molecule has 3 heterocycles. The Morgan fingerprint density at radius 2 is 2.22 bits per heavy atom. The molecule has 0 saturated heterocycles. The van der Waals surface area contributed by atoms with E-state index in [9.17, 15) is 9.90 Å². The Morgan fingerprint density at radius 1 is 1.43 bits per heavy atom. The smallest absolute Gasteiger partial charge is 0.309 e. The average molecular weight is 327 g/mol. The van der Waals surface area contributed by atoms with E-state index in [0.29, 0.717) is 5.92 Å². The van der Waals surface area contributed by atoms with E-state index in [4.69, 9.17) is 4.98 Å². The van der Waals surface area contributed by atoms with Crippen LogP contribution in [-0.4, -0.2) is 25.4 Å². The summed E-state index contributed by atoms with van der Waals surface area (Å²) < 4.78 is 2.09. The molecule has 23 heavy (non-hydrogen) atoms. The van der Waals surface area contributed by atoms with Gasteiger partial charge in [0.2, 0.25) is 0 Å². The number of hydrogen-bond donors (Lipinski definition) is 1. The van der Waals surface area contributed by atoms with Crippen LogP contribution in [0.4, 0.5) is 0 Å². The molecule has 118 valence electrons. The van der Waals surface area contributed by atoms with Gasteiger partial charge in [-0.1, -0.05) is 6.92 Å². The number of pyridine rings is 1. The van der Waals surface area contributed by atoms with Crippen LogP contribution in [0.25, 0.3) is 16.2 Å². The number of aliphatic carboxylic acids is 1. The molecule has 0 saturated carbocycles. The maximum Gasteiger partial charge on any atom is 0.309 e. The van der Waals surface area contributed by atoms with Crippen molar-refractivity contribution < 1.29 is 9.90 Å². The van der Waals surface area contributed by atoms with Crippen molar-refractivity contribution in [1.29, 1.82) is 0 Å². The number of aromatic nitrogens is 3. The van der Waals surface area contributed by atoms with Gasteiger partial charge in [0.05, 0.1) is 17.8 Å². The van der Waals surface area contributed by atoms with E-state index < -0.39 is 5.97 Å². The molecule has 0 fully saturated rings. The minimum atomic E-state index is -0.828. The molecule has 3 aromatic heterocycles. The number of fused-ring (bicyclic) bond motifs is 3. The number of carboxylic acids is 1. The molecule has 1 unspecified atom stereocenters. The minimum absolute atomic E-state index is 0.0163. The van der Waals surface area contributed by atoms with Gasteiger partial charge in [0.25, 0.3) is 0 Å². The highest BCUT2D eigenvalue weighted by molar-refractivity contribution is 7.17. The molecule has 0 aliphatic heterocycles. The van der Waals surface area contributed by atoms with Crippen LogP contribution in [0.1, 0.15) is 29.6 Å². The van der Waals surface area contributed by atoms with Crippen molar-refractivity contribution in [2.24, 2.45) is 5.92 Å². The Kier molecular flexibility index (Phi) is 3.41. The summed E-state index contributed by atoms with van der Waals surface area (Å²) in [5.41, 5.74) is 3.73. The van der Waals surface area contributed by atoms with Crippen LogP contribution >= 0.6 is 11.3 Å². The maximum atomic E-state index is 11.4. The Morgan fingerprint density at radius 3 is 2.96 bits per heavy atom. The molecular weight excluding hydrogens is 310 g/mol. The lowest BCUT2D eigenvalue weighted by Crippen LogP contribution is -2.13. The molecular formula is C17H17N3O2S. The number of aryl methyl sites for hydroxylation is 1. The molecule has 1 N–H and O–H groups in total. The molecule has 0 radical (unpaired) electrons. The largest absolute Gasteiger partial charge is 0.481 e. The van der Waals surface area contributed by atoms with Gasteiger partial charge >= 0.3 is 5.97 Å². The first-order chi connectivity index (χ1) is 11.1. The first kappa shape index (κ1) is 14.4. The molecule has 0 amide bonds. The topological polar surface area (TPSA) is 67.5 Å². The number of imidazole rings is 1. The third-order valence-electron chi connectivity index (χ3n) is 4.43. The SMILES string of the molecule is CC1CCc2c(sc3nc(-c4ccncc4)c(CC(=O)O)n23)C1. The Labute approximate surface area is 137 Å². The van der Waals surface area contributed by atoms with Crippen LogP contribution in [0.5, 0.6) is 0 Å². The van der Waals surface area contributed by atoms with Crippen LogP contribution in [0.2, 0.25) is 0 Å². The molecule has 0 aromatic carbocycles. The van der Waals surface area contributed by atoms with Crippen molar-refractivity contribution in [2.75, 3.05) is 0 Å². The predicted octanol–water partition coefficient (Wildman–Crippen LogP) is 3.21. The molecule has 0 spiro atoms. The summed E-state index contributed by atoms with van der Waals surface area (Å²) in [6, 6.07) is 3.76. The fraction of sp³-hybridized carbons (Fsp3) is 0.353. The van der Waals surface area contributed by atoms with Gasteiger partial charge in [-0.2, -0.15) is 0 Å². The van der Waals surface area contributed by atoms with Crippen molar-refractivity contribution in [3.05, 3.63) is 40.8 Å². The molecule has 3 aromatic rings. The number of nitrogens with zero attached hydrogens (tertiary/aromatic N) is 3. The van der Waals surface area contributed by atoms with Crippen LogP contribution in [0.15, 0.2) is 24.5 Å². The normalized spacial score (nSPS) is 17.3. The lowest BCUT2D eigenvalue weighted by molar-refractivity contribution is -0.136. The van der Waals surface area contributed by atoms with Gasteiger partial charge in [-0.25, -0.2) is 4.98 Å². The van der Waals surface area contributed by atoms with E-state index >= 15 is 0 Å². The molecule has 1 aliphatic rings. The fourth-order valence-electron chi connectivity index (χ4n) is 3.33. The van der Waals surface area contributed by atoms with E-state index in [1.807, 2.05) is 12.1 Å². The van der Waals surface area contributed by atoms with Gasteiger partial charge in [0, 0.05) is 28.5 Å². The second-order valence-electron chi connectivity index (χ2n) is 6.15. The predicted molar refractivity (Wildman–Crippen MR) is 88.8 cm³/mol. The summed E-state index contributed by atoms with van der Waals surface area (Å²) >= 11 is 1.70. The van der Waals surface area contributed by atoms with Gasteiger partial charge in [-0.15, -0.1) is 11.3 Å². The van der Waals surface area contributed by atoms with Crippen LogP contribution in [-0.2, 0) is 24.1 Å². The van der Waals surface area contributed by atoms with E-state index in [-0.39, 0.29) is 6.42 Å². The Hall–Kier alpha value is -2.21. The molecule has 4 rings (SSSR count). The Bertz CT molecular complexity index is 882. The van der Waals surface area contributed by atoms with Crippen molar-refractivity contribution >= 4 is 22.3 Å². The standard InChI is InChI=1S/C17H17N3O2S/c1-10-2-3-12-14(8-10)23-17-19-16(11-4-6-18-7-5-11)13(20(12)17)9-15(21)22/h4-7,10H,2-3,8-9H2,1H3,(H,21,22). The van der Waals surface area contributed by atoms with E-state index in [2.05, 4.69) is 16.3 Å². The van der Waals surface area contributed by atoms with Gasteiger partial charge in [0.15, 0.2) is 4.96 Å². The molecule has 5 nitrogen and oxygen atoms in total. The maximum absolute atomic E-state index is 11.4. The molecule has 1 atom stereocenters. The zero-order valence-corrected chi connectivity index (χ0v) is 13.6. The van der Waals surface area contributed by atoms with Crippen molar-refractivity contribution in [1.82, 2.24) is 14.4 Å². The lowest BCUT2D eigenvalue weighted by atomic mass is 9.93. The zero-order valence-electron chi connectivity index (χ0n) is 12.8. The third-order valence-corrected chi connectivity index (χ3v) is 5.53. The molecule has 1 aliphatic carbocycles. The summed E-state index contributed by atoms with van der Waals surface area (Å²) in [4.78, 5) is 22.4. The summed E-state index contributed by atoms with van der Waals surface area (Å²) in [6.45, 7) is 2.27. The van der Waals surface area contributed by atoms with Gasteiger partial charge in [-0.3, -0.25) is 14.2 Å². The fourth-order valence-corrected chi connectivity index (χ4v) is 4.68. The number of hydrogen-bond acceptors (Lipinski definition) is 4. The molecule has 6 heteroatoms. The second-order valence-corrected chi connectivity index (χ2v) is 7.21. The summed E-state index contributed by atoms with van der Waals surface area (Å²) in [5, 5.41) is 9.35. The van der Waals surface area contributed by atoms with Crippen LogP contribution in [0.3, 0.4) is 0 Å². The van der Waals surface area contributed by atoms with E-state index in [1.165, 1.54) is 10.6 Å². The highest BCUT2D eigenvalue weighted by Gasteiger charge is 2.26. The van der Waals surface area contributed by atoms with Crippen LogP contribution < -0.4 is 0 Å². The zero-order chi connectivity index (χ0) is 16.0. The number of carboxylic acid groups (broad SMARTS) is 1. The van der Waals surface area contributed by atoms with E-state index in [1.54, 1.807) is 23.7 Å². The van der Waals surface area contributed by atoms with Crippen LogP contribution in [0, 0.1) is 5.92 Å². The molecule has 0 bridgehead atoms. The van der Waals surface area contributed by atoms with Gasteiger partial charge < -0.3 is 5.11 Å². The van der Waals surface area contributed by atoms with Crippen molar-refractivity contribution in [3.63, 3.8) is 0 Å². The first-order valence-electron chi connectivity index (χ1n) is 7.77. The first-order valence-corrected chi connectivity index (χ1v) is 8.59. The van der Waals surface area contributed by atoms with Crippen molar-refractivity contribution in [3.8, 4) is 11.3 Å². The quantitative estimate of drug-likeness (QED) is 0.802. The number of thiazole rings is 1.